The third-order valence-corrected chi connectivity index (χ3v) is 5.73. The van der Waals surface area contributed by atoms with Crippen molar-refractivity contribution in [3.8, 4) is 0 Å². The first-order valence-corrected chi connectivity index (χ1v) is 9.54. The highest BCUT2D eigenvalue weighted by Gasteiger charge is 2.57. The average molecular weight is 304 g/mol. The third-order valence-electron chi connectivity index (χ3n) is 5.01. The van der Waals surface area contributed by atoms with Gasteiger partial charge in [-0.3, -0.25) is 0 Å². The van der Waals surface area contributed by atoms with Gasteiger partial charge in [-0.1, -0.05) is 12.8 Å². The SMILES string of the molecule is CCO[C@@H]1C[C@@H](N(C)CCNS(C)(=O)=O)C12CCCC2. The Balaban J connectivity index is 1.88. The molecule has 1 spiro atoms. The Bertz CT molecular complexity index is 418. The van der Waals surface area contributed by atoms with Crippen molar-refractivity contribution in [3.63, 3.8) is 0 Å². The largest absolute Gasteiger partial charge is 0.378 e. The van der Waals surface area contributed by atoms with Crippen LogP contribution in [0.15, 0.2) is 0 Å². The normalized spacial score (nSPS) is 29.0. The molecule has 0 saturated heterocycles. The highest BCUT2D eigenvalue weighted by atomic mass is 32.2. The summed E-state index contributed by atoms with van der Waals surface area (Å²) in [7, 11) is -0.974. The van der Waals surface area contributed by atoms with Gasteiger partial charge in [-0.2, -0.15) is 0 Å². The molecule has 0 aromatic rings. The van der Waals surface area contributed by atoms with E-state index in [1.54, 1.807) is 0 Å². The number of ether oxygens (including phenoxy) is 1. The van der Waals surface area contributed by atoms with Crippen molar-refractivity contribution in [2.75, 3.05) is 33.0 Å². The highest BCUT2D eigenvalue weighted by Crippen LogP contribution is 2.56. The molecule has 2 saturated carbocycles. The maximum absolute atomic E-state index is 11.1. The summed E-state index contributed by atoms with van der Waals surface area (Å²) in [5.74, 6) is 0. The van der Waals surface area contributed by atoms with Gasteiger partial charge in [-0.15, -0.1) is 0 Å². The van der Waals surface area contributed by atoms with Gasteiger partial charge in [0.15, 0.2) is 0 Å². The minimum atomic E-state index is -3.08. The lowest BCUT2D eigenvalue weighted by Gasteiger charge is -2.57. The van der Waals surface area contributed by atoms with E-state index in [2.05, 4.69) is 23.6 Å². The van der Waals surface area contributed by atoms with Gasteiger partial charge < -0.3 is 9.64 Å². The summed E-state index contributed by atoms with van der Waals surface area (Å²) in [5, 5.41) is 0. The maximum Gasteiger partial charge on any atom is 0.208 e. The fourth-order valence-corrected chi connectivity index (χ4v) is 4.49. The zero-order chi connectivity index (χ0) is 14.8. The second-order valence-corrected chi connectivity index (χ2v) is 8.12. The topological polar surface area (TPSA) is 58.6 Å². The number of hydrogen-bond donors (Lipinski definition) is 1. The van der Waals surface area contributed by atoms with Crippen LogP contribution in [0.3, 0.4) is 0 Å². The van der Waals surface area contributed by atoms with Crippen LogP contribution in [0.5, 0.6) is 0 Å². The number of nitrogens with one attached hydrogen (secondary N) is 1. The lowest BCUT2D eigenvalue weighted by molar-refractivity contribution is -0.160. The monoisotopic (exact) mass is 304 g/mol. The molecule has 5 nitrogen and oxygen atoms in total. The van der Waals surface area contributed by atoms with Crippen molar-refractivity contribution in [3.05, 3.63) is 0 Å². The summed E-state index contributed by atoms with van der Waals surface area (Å²) in [5.41, 5.74) is 0.329. The Morgan fingerprint density at radius 1 is 1.35 bits per heavy atom. The standard InChI is InChI=1S/C14H28N2O3S/c1-4-19-13-11-12(14(13)7-5-6-8-14)16(2)10-9-15-20(3,17)18/h12-13,15H,4-11H2,1-3H3/t12-,13-/m1/s1. The summed E-state index contributed by atoms with van der Waals surface area (Å²) < 4.78 is 30.7. The summed E-state index contributed by atoms with van der Waals surface area (Å²) in [6.45, 7) is 4.10. The molecule has 20 heavy (non-hydrogen) atoms. The number of sulfonamides is 1. The van der Waals surface area contributed by atoms with Crippen molar-refractivity contribution in [2.24, 2.45) is 5.41 Å². The predicted octanol–water partition coefficient (Wildman–Crippen LogP) is 1.21. The van der Waals surface area contributed by atoms with E-state index in [-0.39, 0.29) is 0 Å². The van der Waals surface area contributed by atoms with Crippen LogP contribution in [-0.2, 0) is 14.8 Å². The van der Waals surface area contributed by atoms with Gasteiger partial charge in [0.2, 0.25) is 10.0 Å². The first-order chi connectivity index (χ1) is 9.39. The van der Waals surface area contributed by atoms with Crippen LogP contribution in [0.4, 0.5) is 0 Å². The molecule has 0 unspecified atom stereocenters. The van der Waals surface area contributed by atoms with Crippen molar-refractivity contribution < 1.29 is 13.2 Å². The molecule has 2 atom stereocenters. The molecule has 0 heterocycles. The number of likely N-dealkylation sites (N-methyl/N-ethyl adjacent to an activating group) is 1. The van der Waals surface area contributed by atoms with Crippen molar-refractivity contribution in [1.29, 1.82) is 0 Å². The summed E-state index contributed by atoms with van der Waals surface area (Å²) in [4.78, 5) is 2.32. The molecule has 6 heteroatoms. The van der Waals surface area contributed by atoms with E-state index in [1.807, 2.05) is 0 Å². The van der Waals surface area contributed by atoms with Crippen molar-refractivity contribution >= 4 is 10.0 Å². The number of nitrogens with zero attached hydrogens (tertiary/aromatic N) is 1. The molecule has 0 bridgehead atoms. The molecule has 0 aliphatic heterocycles. The van der Waals surface area contributed by atoms with Gasteiger partial charge in [0.05, 0.1) is 12.4 Å². The van der Waals surface area contributed by atoms with E-state index < -0.39 is 10.0 Å². The van der Waals surface area contributed by atoms with Crippen LogP contribution >= 0.6 is 0 Å². The molecule has 2 aliphatic carbocycles. The third kappa shape index (κ3) is 3.35. The molecule has 0 radical (unpaired) electrons. The molecule has 0 amide bonds. The lowest BCUT2D eigenvalue weighted by atomic mass is 9.60. The lowest BCUT2D eigenvalue weighted by Crippen LogP contribution is -2.63. The average Bonchev–Trinajstić information content (AvgIpc) is 2.84. The molecular formula is C14H28N2O3S. The molecule has 2 rings (SSSR count). The van der Waals surface area contributed by atoms with E-state index in [4.69, 9.17) is 4.74 Å². The van der Waals surface area contributed by atoms with Gasteiger partial charge in [0, 0.05) is 31.2 Å². The van der Waals surface area contributed by atoms with Crippen molar-refractivity contribution in [2.45, 2.75) is 51.2 Å². The predicted molar refractivity (Wildman–Crippen MR) is 80.2 cm³/mol. The first kappa shape index (κ1) is 16.2. The van der Waals surface area contributed by atoms with E-state index in [1.165, 1.54) is 31.9 Å². The molecule has 0 aromatic carbocycles. The smallest absolute Gasteiger partial charge is 0.208 e. The molecular weight excluding hydrogens is 276 g/mol. The summed E-state index contributed by atoms with van der Waals surface area (Å²) in [6, 6.07) is 0.544. The zero-order valence-corrected chi connectivity index (χ0v) is 13.7. The molecule has 2 fully saturated rings. The highest BCUT2D eigenvalue weighted by molar-refractivity contribution is 7.88. The van der Waals surface area contributed by atoms with Crippen LogP contribution < -0.4 is 4.72 Å². The van der Waals surface area contributed by atoms with Gasteiger partial charge in [0.1, 0.15) is 0 Å². The molecule has 1 N–H and O–H groups in total. The molecule has 118 valence electrons. The summed E-state index contributed by atoms with van der Waals surface area (Å²) >= 11 is 0. The Kier molecular flexibility index (Phi) is 5.10. The van der Waals surface area contributed by atoms with E-state index in [0.717, 1.165) is 19.6 Å². The number of rotatable bonds is 7. The Hall–Kier alpha value is -0.170. The first-order valence-electron chi connectivity index (χ1n) is 7.65. The van der Waals surface area contributed by atoms with Crippen LogP contribution in [0.1, 0.15) is 39.0 Å². The van der Waals surface area contributed by atoms with Gasteiger partial charge in [0.25, 0.3) is 0 Å². The minimum absolute atomic E-state index is 0.329. The summed E-state index contributed by atoms with van der Waals surface area (Å²) in [6.07, 6.45) is 7.82. The maximum atomic E-state index is 11.1. The number of hydrogen-bond acceptors (Lipinski definition) is 4. The minimum Gasteiger partial charge on any atom is -0.378 e. The Labute approximate surface area is 123 Å². The second-order valence-electron chi connectivity index (χ2n) is 6.28. The quantitative estimate of drug-likeness (QED) is 0.768. The van der Waals surface area contributed by atoms with Gasteiger partial charge in [-0.25, -0.2) is 13.1 Å². The van der Waals surface area contributed by atoms with E-state index in [9.17, 15) is 8.42 Å². The van der Waals surface area contributed by atoms with Crippen LogP contribution in [0.25, 0.3) is 0 Å². The van der Waals surface area contributed by atoms with E-state index in [0.29, 0.717) is 24.1 Å². The van der Waals surface area contributed by atoms with E-state index >= 15 is 0 Å². The van der Waals surface area contributed by atoms with Crippen LogP contribution in [-0.4, -0.2) is 58.5 Å². The Morgan fingerprint density at radius 2 is 2.00 bits per heavy atom. The van der Waals surface area contributed by atoms with Gasteiger partial charge in [-0.05, 0) is 33.2 Å². The zero-order valence-electron chi connectivity index (χ0n) is 12.9. The fraction of sp³-hybridized carbons (Fsp3) is 1.00. The Morgan fingerprint density at radius 3 is 2.55 bits per heavy atom. The van der Waals surface area contributed by atoms with Crippen molar-refractivity contribution in [1.82, 2.24) is 9.62 Å². The fourth-order valence-electron chi connectivity index (χ4n) is 4.03. The van der Waals surface area contributed by atoms with Crippen LogP contribution in [0, 0.1) is 5.41 Å². The molecule has 0 aromatic heterocycles. The van der Waals surface area contributed by atoms with Crippen LogP contribution in [0.2, 0.25) is 0 Å². The van der Waals surface area contributed by atoms with Gasteiger partial charge >= 0.3 is 0 Å². The second kappa shape index (κ2) is 6.30. The molecule has 2 aliphatic rings.